The predicted molar refractivity (Wildman–Crippen MR) is 38.3 cm³/mol. The molecule has 0 aromatic rings. The van der Waals surface area contributed by atoms with E-state index in [1.54, 1.807) is 0 Å². The van der Waals surface area contributed by atoms with Crippen LogP contribution in [0.15, 0.2) is 0 Å². The number of ether oxygens (including phenoxy) is 1. The van der Waals surface area contributed by atoms with Crippen LogP contribution in [0.2, 0.25) is 0 Å². The Morgan fingerprint density at radius 1 is 1.12 bits per heavy atom. The second kappa shape index (κ2) is 4.94. The van der Waals surface area contributed by atoms with Crippen molar-refractivity contribution in [3.8, 4) is 0 Å². The zero-order chi connectivity index (χ0) is 14.1. The van der Waals surface area contributed by atoms with Crippen molar-refractivity contribution >= 4 is 10.1 Å². The van der Waals surface area contributed by atoms with E-state index in [0.717, 1.165) is 0 Å². The summed E-state index contributed by atoms with van der Waals surface area (Å²) < 4.78 is 117. The van der Waals surface area contributed by atoms with E-state index < -0.39 is 40.7 Å². The van der Waals surface area contributed by atoms with Crippen LogP contribution in [0, 0.1) is 0 Å². The highest BCUT2D eigenvalue weighted by Gasteiger charge is 2.70. The third kappa shape index (κ3) is 3.19. The highest BCUT2D eigenvalue weighted by atomic mass is 32.2. The van der Waals surface area contributed by atoms with Gasteiger partial charge in [-0.1, -0.05) is 0 Å². The molecule has 0 heterocycles. The Hall–Kier alpha value is -0.620. The van der Waals surface area contributed by atoms with Gasteiger partial charge in [-0.3, -0.25) is 4.55 Å². The van der Waals surface area contributed by atoms with E-state index in [0.29, 0.717) is 0 Å². The second-order valence-electron chi connectivity index (χ2n) is 2.67. The van der Waals surface area contributed by atoms with Crippen LogP contribution in [-0.4, -0.2) is 43.5 Å². The molecule has 17 heavy (non-hydrogen) atoms. The fraction of sp³-hybridized carbons (Fsp3) is 1.00. The minimum Gasteiger partial charge on any atom is -0.323 e. The molecule has 1 atom stereocenters. The van der Waals surface area contributed by atoms with Crippen molar-refractivity contribution < 1.29 is 48.4 Å². The summed E-state index contributed by atoms with van der Waals surface area (Å²) in [4.78, 5) is 0. The molecule has 0 aliphatic rings. The minimum atomic E-state index is -6.12. The van der Waals surface area contributed by atoms with Crippen LogP contribution in [0.3, 0.4) is 0 Å². The molecule has 0 rings (SSSR count). The zero-order valence-corrected chi connectivity index (χ0v) is 8.40. The maximum atomic E-state index is 12.7. The first kappa shape index (κ1) is 16.4. The van der Waals surface area contributed by atoms with E-state index in [1.165, 1.54) is 0 Å². The van der Waals surface area contributed by atoms with E-state index in [4.69, 9.17) is 4.55 Å². The summed E-state index contributed by atoms with van der Waals surface area (Å²) in [6.07, 6.45) is -4.94. The number of halogens is 7. The third-order valence-corrected chi connectivity index (χ3v) is 2.47. The molecule has 4 nitrogen and oxygen atoms in total. The maximum Gasteiger partial charge on any atom is 0.373 e. The fourth-order valence-corrected chi connectivity index (χ4v) is 1.49. The summed E-state index contributed by atoms with van der Waals surface area (Å²) in [5.74, 6) is -12.1. The van der Waals surface area contributed by atoms with Gasteiger partial charge in [-0.05, 0) is 0 Å². The molecule has 1 N–H and O–H groups in total. The summed E-state index contributed by atoms with van der Waals surface area (Å²) in [7, 11) is -6.03. The third-order valence-electron chi connectivity index (χ3n) is 1.50. The Bertz CT molecular complexity index is 353. The van der Waals surface area contributed by atoms with Crippen molar-refractivity contribution in [1.29, 1.82) is 0 Å². The highest BCUT2D eigenvalue weighted by Crippen LogP contribution is 2.43. The molecule has 0 radical (unpaired) electrons. The van der Waals surface area contributed by atoms with Gasteiger partial charge in [-0.15, -0.1) is 0 Å². The monoisotopic (exact) mass is 294 g/mol. The summed E-state index contributed by atoms with van der Waals surface area (Å²) in [6.45, 7) is -2.31. The van der Waals surface area contributed by atoms with Gasteiger partial charge in [0.05, 0.1) is 0 Å². The van der Waals surface area contributed by atoms with Crippen LogP contribution in [0.25, 0.3) is 0 Å². The number of hydrogen-bond donors (Lipinski definition) is 1. The van der Waals surface area contributed by atoms with Gasteiger partial charge in [0.1, 0.15) is 0 Å². The lowest BCUT2D eigenvalue weighted by Gasteiger charge is -2.29. The fourth-order valence-electron chi connectivity index (χ4n) is 0.738. The van der Waals surface area contributed by atoms with Gasteiger partial charge in [-0.25, -0.2) is 13.2 Å². The smallest absolute Gasteiger partial charge is 0.323 e. The molecule has 0 aliphatic heterocycles. The molecule has 0 bridgehead atoms. The summed E-state index contributed by atoms with van der Waals surface area (Å²) in [5.41, 5.74) is -4.14. The Morgan fingerprint density at radius 2 is 1.53 bits per heavy atom. The van der Waals surface area contributed by atoms with Crippen LogP contribution in [-0.2, 0) is 14.9 Å². The van der Waals surface area contributed by atoms with Gasteiger partial charge in [-0.2, -0.15) is 26.0 Å². The lowest BCUT2D eigenvalue weighted by Crippen LogP contribution is -2.57. The van der Waals surface area contributed by atoms with Crippen LogP contribution in [0.5, 0.6) is 0 Å². The molecule has 0 fully saturated rings. The van der Waals surface area contributed by atoms with Gasteiger partial charge >= 0.3 is 18.3 Å². The van der Waals surface area contributed by atoms with Gasteiger partial charge in [0.25, 0.3) is 15.6 Å². The first-order valence-corrected chi connectivity index (χ1v) is 5.07. The molecule has 0 aromatic carbocycles. The largest absolute Gasteiger partial charge is 0.373 e. The molecule has 0 saturated heterocycles. The second-order valence-corrected chi connectivity index (χ2v) is 4.13. The van der Waals surface area contributed by atoms with Gasteiger partial charge in [0.15, 0.2) is 6.86 Å². The lowest BCUT2D eigenvalue weighted by molar-refractivity contribution is -0.290. The molecule has 0 amide bonds. The topological polar surface area (TPSA) is 63.6 Å². The summed E-state index contributed by atoms with van der Waals surface area (Å²) >= 11 is 0. The number of rotatable bonds is 6. The van der Waals surface area contributed by atoms with Crippen molar-refractivity contribution in [1.82, 2.24) is 0 Å². The molecular formula is C5H5F7O4S. The van der Waals surface area contributed by atoms with Crippen LogP contribution < -0.4 is 0 Å². The summed E-state index contributed by atoms with van der Waals surface area (Å²) in [5, 5.41) is 0. The van der Waals surface area contributed by atoms with Crippen LogP contribution >= 0.6 is 0 Å². The number of alkyl halides is 7. The molecular weight excluding hydrogens is 289 g/mol. The molecule has 0 saturated carbocycles. The van der Waals surface area contributed by atoms with E-state index >= 15 is 0 Å². The van der Waals surface area contributed by atoms with Crippen molar-refractivity contribution in [2.24, 2.45) is 0 Å². The molecule has 0 aliphatic carbocycles. The van der Waals surface area contributed by atoms with Crippen molar-refractivity contribution in [2.45, 2.75) is 23.7 Å². The first-order chi connectivity index (χ1) is 7.39. The molecule has 0 spiro atoms. The van der Waals surface area contributed by atoms with E-state index in [2.05, 4.69) is 4.74 Å². The predicted octanol–water partition coefficient (Wildman–Crippen LogP) is 1.68. The minimum absolute atomic E-state index is 2.31. The van der Waals surface area contributed by atoms with Gasteiger partial charge < -0.3 is 4.74 Å². The van der Waals surface area contributed by atoms with E-state index in [1.807, 2.05) is 0 Å². The highest BCUT2D eigenvalue weighted by molar-refractivity contribution is 7.86. The Balaban J connectivity index is 5.52. The zero-order valence-electron chi connectivity index (χ0n) is 7.59. The lowest BCUT2D eigenvalue weighted by atomic mass is 10.2. The molecule has 1 unspecified atom stereocenters. The first-order valence-electron chi connectivity index (χ1n) is 3.56. The quantitative estimate of drug-likeness (QED) is 0.598. The van der Waals surface area contributed by atoms with E-state index in [9.17, 15) is 39.2 Å². The number of hydrogen-bond acceptors (Lipinski definition) is 3. The average Bonchev–Trinajstić information content (AvgIpc) is 2.11. The summed E-state index contributed by atoms with van der Waals surface area (Å²) in [6, 6.07) is 0. The van der Waals surface area contributed by atoms with Crippen molar-refractivity contribution in [2.75, 3.05) is 6.86 Å². The Kier molecular flexibility index (Phi) is 4.76. The standard InChI is InChI=1S/C5H5F7O4S/c6-1-16-3(17(13,14)15)5(11,12)4(9,10)2(7)8/h2-3H,1H2,(H,13,14,15). The maximum absolute atomic E-state index is 12.7. The van der Waals surface area contributed by atoms with Crippen molar-refractivity contribution in [3.63, 3.8) is 0 Å². The Labute approximate surface area is 90.1 Å². The average molecular weight is 294 g/mol. The molecule has 104 valence electrons. The van der Waals surface area contributed by atoms with Gasteiger partial charge in [0.2, 0.25) is 0 Å². The molecule has 12 heteroatoms. The van der Waals surface area contributed by atoms with Gasteiger partial charge in [0, 0.05) is 0 Å². The molecule has 0 aromatic heterocycles. The SMILES string of the molecule is O=S(=O)(O)C(OCF)C(F)(F)C(F)(F)C(F)F. The van der Waals surface area contributed by atoms with E-state index in [-0.39, 0.29) is 0 Å². The Morgan fingerprint density at radius 3 is 1.76 bits per heavy atom. The van der Waals surface area contributed by atoms with Crippen LogP contribution in [0.1, 0.15) is 0 Å². The van der Waals surface area contributed by atoms with Crippen molar-refractivity contribution in [3.05, 3.63) is 0 Å². The normalized spacial score (nSPS) is 16.3. The van der Waals surface area contributed by atoms with Crippen LogP contribution in [0.4, 0.5) is 30.7 Å².